The van der Waals surface area contributed by atoms with Crippen LogP contribution >= 0.6 is 0 Å². The molecule has 1 atom stereocenters. The van der Waals surface area contributed by atoms with Crippen LogP contribution in [0, 0.1) is 10.8 Å². The molecule has 1 saturated carbocycles. The third-order valence-electron chi connectivity index (χ3n) is 6.08. The summed E-state index contributed by atoms with van der Waals surface area (Å²) in [7, 11) is 0. The van der Waals surface area contributed by atoms with Crippen LogP contribution in [0.3, 0.4) is 0 Å². The number of hydrogen-bond donors (Lipinski definition) is 1. The van der Waals surface area contributed by atoms with E-state index in [-0.39, 0.29) is 47.2 Å². The fraction of sp³-hybridized carbons (Fsp3) is 0.615. The van der Waals surface area contributed by atoms with Gasteiger partial charge in [0.05, 0.1) is 0 Å². The molecule has 9 nitrogen and oxygen atoms in total. The quantitative estimate of drug-likeness (QED) is 0.543. The van der Waals surface area contributed by atoms with Crippen molar-refractivity contribution in [3.63, 3.8) is 0 Å². The maximum absolute atomic E-state index is 12.5. The Bertz CT molecular complexity index is 940. The Morgan fingerprint density at radius 3 is 1.60 bits per heavy atom. The van der Waals surface area contributed by atoms with Crippen molar-refractivity contribution in [1.29, 1.82) is 0 Å². The average Bonchev–Trinajstić information content (AvgIpc) is 3.16. The summed E-state index contributed by atoms with van der Waals surface area (Å²) >= 11 is 0. The van der Waals surface area contributed by atoms with Crippen LogP contribution in [0.25, 0.3) is 0 Å². The zero-order valence-corrected chi connectivity index (χ0v) is 21.6. The van der Waals surface area contributed by atoms with Crippen molar-refractivity contribution in [1.82, 2.24) is 9.80 Å². The topological polar surface area (TPSA) is 135 Å². The summed E-state index contributed by atoms with van der Waals surface area (Å²) in [4.78, 5) is 73.0. The number of amides is 4. The lowest BCUT2D eigenvalue weighted by Crippen LogP contribution is -2.61. The first-order valence-corrected chi connectivity index (χ1v) is 11.9. The molecule has 0 spiro atoms. The van der Waals surface area contributed by atoms with Gasteiger partial charge in [0.15, 0.2) is 11.6 Å². The molecule has 1 fully saturated rings. The molecule has 192 valence electrons. The van der Waals surface area contributed by atoms with Crippen molar-refractivity contribution in [2.45, 2.75) is 85.2 Å². The average molecular weight is 488 g/mol. The van der Waals surface area contributed by atoms with E-state index < -0.39 is 23.4 Å². The highest BCUT2D eigenvalue weighted by atomic mass is 16.2. The molecule has 2 aliphatic heterocycles. The molecule has 1 unspecified atom stereocenters. The largest absolute Gasteiger partial charge is 0.328 e. The van der Waals surface area contributed by atoms with Crippen LogP contribution < -0.4 is 5.73 Å². The van der Waals surface area contributed by atoms with Crippen molar-refractivity contribution in [3.05, 3.63) is 24.3 Å². The van der Waals surface area contributed by atoms with E-state index in [9.17, 15) is 28.8 Å². The van der Waals surface area contributed by atoms with Crippen LogP contribution in [0.15, 0.2) is 24.3 Å². The van der Waals surface area contributed by atoms with E-state index in [1.807, 2.05) is 41.5 Å². The van der Waals surface area contributed by atoms with E-state index >= 15 is 0 Å². The summed E-state index contributed by atoms with van der Waals surface area (Å²) in [5, 5.41) is 0. The highest BCUT2D eigenvalue weighted by molar-refractivity contribution is 6.16. The van der Waals surface area contributed by atoms with Gasteiger partial charge in [0.25, 0.3) is 23.6 Å². The molecular formula is C26H37N3O6. The number of rotatable bonds is 7. The van der Waals surface area contributed by atoms with Gasteiger partial charge in [0, 0.05) is 43.7 Å². The normalized spacial score (nSPS) is 20.1. The fourth-order valence-electron chi connectivity index (χ4n) is 4.35. The van der Waals surface area contributed by atoms with Crippen molar-refractivity contribution >= 4 is 35.2 Å². The summed E-state index contributed by atoms with van der Waals surface area (Å²) in [6.45, 7) is 11.7. The Kier molecular flexibility index (Phi) is 8.37. The van der Waals surface area contributed by atoms with Crippen molar-refractivity contribution in [2.75, 3.05) is 6.54 Å². The molecule has 0 aromatic rings. The summed E-state index contributed by atoms with van der Waals surface area (Å²) in [6.07, 6.45) is 7.63. The Hall–Kier alpha value is -2.94. The Labute approximate surface area is 206 Å². The molecule has 35 heavy (non-hydrogen) atoms. The minimum atomic E-state index is -0.856. The van der Waals surface area contributed by atoms with Crippen LogP contribution in [0.4, 0.5) is 0 Å². The second-order valence-electron chi connectivity index (χ2n) is 11.7. The first kappa shape index (κ1) is 28.3. The van der Waals surface area contributed by atoms with Gasteiger partial charge >= 0.3 is 0 Å². The summed E-state index contributed by atoms with van der Waals surface area (Å²) in [5.41, 5.74) is 4.33. The first-order chi connectivity index (χ1) is 16.0. The zero-order valence-electron chi connectivity index (χ0n) is 21.6. The van der Waals surface area contributed by atoms with Gasteiger partial charge in [0.1, 0.15) is 11.6 Å². The van der Waals surface area contributed by atoms with Crippen molar-refractivity contribution < 1.29 is 28.8 Å². The van der Waals surface area contributed by atoms with E-state index in [0.717, 1.165) is 23.5 Å². The molecule has 3 aliphatic rings. The maximum atomic E-state index is 12.5. The van der Waals surface area contributed by atoms with Crippen LogP contribution in [-0.4, -0.2) is 63.1 Å². The molecule has 0 aromatic carbocycles. The molecule has 4 amide bonds. The number of nitrogens with zero attached hydrogens (tertiary/aromatic N) is 2. The highest BCUT2D eigenvalue weighted by Gasteiger charge is 2.53. The number of carbonyl (C=O) groups excluding carboxylic acids is 6. The summed E-state index contributed by atoms with van der Waals surface area (Å²) in [6, 6.07) is -0.843. The monoisotopic (exact) mass is 487 g/mol. The molecule has 0 aromatic heterocycles. The summed E-state index contributed by atoms with van der Waals surface area (Å²) in [5.74, 6) is -1.78. The van der Waals surface area contributed by atoms with Crippen molar-refractivity contribution in [3.8, 4) is 0 Å². The predicted octanol–water partition coefficient (Wildman–Crippen LogP) is 2.08. The molecule has 3 rings (SSSR count). The number of hydrogen-bond acceptors (Lipinski definition) is 7. The standard InChI is InChI=1S/C14H19NO3.C12H18N2O3/c1-13(2,3)9-10(16)14(7-4-8-14)15-11(17)5-6-12(15)18;1-12(2,3)6-9(15)8(7-13)14-10(16)4-5-11(14)17/h5-6H,4,7-9H2,1-3H3;4-5,8H,6-7,13H2,1-3H3. The Balaban J connectivity index is 0.000000247. The van der Waals surface area contributed by atoms with E-state index in [1.54, 1.807) is 0 Å². The second kappa shape index (κ2) is 10.4. The lowest BCUT2D eigenvalue weighted by atomic mass is 9.69. The number of carbonyl (C=O) groups is 6. The van der Waals surface area contributed by atoms with Gasteiger partial charge < -0.3 is 5.73 Å². The number of imide groups is 2. The molecule has 0 radical (unpaired) electrons. The van der Waals surface area contributed by atoms with Gasteiger partial charge in [0.2, 0.25) is 0 Å². The minimum absolute atomic E-state index is 0.0200. The van der Waals surface area contributed by atoms with E-state index in [2.05, 4.69) is 0 Å². The predicted molar refractivity (Wildman–Crippen MR) is 130 cm³/mol. The number of Topliss-reactive ketones (excluding diaryl/α,β-unsaturated/α-hetero) is 2. The van der Waals surface area contributed by atoms with Gasteiger partial charge in [-0.2, -0.15) is 0 Å². The SMILES string of the molecule is CC(C)(C)CC(=O)C(CN)N1C(=O)C=CC1=O.CC(C)(C)CC(=O)C1(N2C(=O)C=CC2=O)CCC1. The van der Waals surface area contributed by atoms with Gasteiger partial charge in [-0.15, -0.1) is 0 Å². The van der Waals surface area contributed by atoms with Crippen LogP contribution in [0.5, 0.6) is 0 Å². The number of ketones is 2. The van der Waals surface area contributed by atoms with Crippen LogP contribution in [0.2, 0.25) is 0 Å². The maximum Gasteiger partial charge on any atom is 0.254 e. The smallest absolute Gasteiger partial charge is 0.254 e. The molecular weight excluding hydrogens is 450 g/mol. The molecule has 1 aliphatic carbocycles. The number of nitrogens with two attached hydrogens (primary N) is 1. The van der Waals surface area contributed by atoms with Gasteiger partial charge in [-0.25, -0.2) is 0 Å². The Morgan fingerprint density at radius 2 is 1.26 bits per heavy atom. The Morgan fingerprint density at radius 1 is 0.829 bits per heavy atom. The molecule has 9 heteroatoms. The molecule has 2 N–H and O–H groups in total. The highest BCUT2D eigenvalue weighted by Crippen LogP contribution is 2.42. The zero-order chi connectivity index (χ0) is 26.8. The lowest BCUT2D eigenvalue weighted by Gasteiger charge is -2.46. The van der Waals surface area contributed by atoms with Crippen molar-refractivity contribution in [2.24, 2.45) is 16.6 Å². The minimum Gasteiger partial charge on any atom is -0.328 e. The van der Waals surface area contributed by atoms with Gasteiger partial charge in [-0.05, 0) is 30.1 Å². The lowest BCUT2D eigenvalue weighted by molar-refractivity contribution is -0.157. The molecule has 2 heterocycles. The van der Waals surface area contributed by atoms with Gasteiger partial charge in [-0.1, -0.05) is 41.5 Å². The van der Waals surface area contributed by atoms with E-state index in [0.29, 0.717) is 19.3 Å². The molecule has 0 saturated heterocycles. The molecule has 0 bridgehead atoms. The second-order valence-corrected chi connectivity index (χ2v) is 11.7. The van der Waals surface area contributed by atoms with Gasteiger partial charge in [-0.3, -0.25) is 38.6 Å². The van der Waals surface area contributed by atoms with E-state index in [4.69, 9.17) is 5.73 Å². The summed E-state index contributed by atoms with van der Waals surface area (Å²) < 4.78 is 0. The third kappa shape index (κ3) is 6.60. The fourth-order valence-corrected chi connectivity index (χ4v) is 4.35. The van der Waals surface area contributed by atoms with Crippen LogP contribution in [-0.2, 0) is 28.8 Å². The third-order valence-corrected chi connectivity index (χ3v) is 6.08. The first-order valence-electron chi connectivity index (χ1n) is 11.9. The van der Waals surface area contributed by atoms with E-state index in [1.165, 1.54) is 17.1 Å². The van der Waals surface area contributed by atoms with Crippen LogP contribution in [0.1, 0.15) is 73.6 Å².